The number of rotatable bonds is 13. The van der Waals surface area contributed by atoms with E-state index in [-0.39, 0.29) is 6.42 Å². The van der Waals surface area contributed by atoms with Crippen LogP contribution in [0.25, 0.3) is 11.6 Å². The van der Waals surface area contributed by atoms with Crippen LogP contribution in [0.2, 0.25) is 0 Å². The number of ether oxygens (including phenoxy) is 1. The summed E-state index contributed by atoms with van der Waals surface area (Å²) in [5, 5.41) is 8.81. The van der Waals surface area contributed by atoms with E-state index in [2.05, 4.69) is 69.4 Å². The Morgan fingerprint density at radius 3 is 2.27 bits per heavy atom. The van der Waals surface area contributed by atoms with Gasteiger partial charge in [-0.05, 0) is 138 Å². The largest absolute Gasteiger partial charge is 0.677 e. The lowest BCUT2D eigenvalue weighted by Crippen LogP contribution is -2.18. The Balaban J connectivity index is 1.74. The first-order valence-corrected chi connectivity index (χ1v) is 16.8. The van der Waals surface area contributed by atoms with Crippen molar-refractivity contribution in [1.82, 2.24) is 4.48 Å². The monoisotopic (exact) mass is 837 g/mol. The summed E-state index contributed by atoms with van der Waals surface area (Å²) in [6, 6.07) is 15.7. The van der Waals surface area contributed by atoms with Crippen LogP contribution in [-0.2, 0) is 4.79 Å². The zero-order chi connectivity index (χ0) is 32.8. The van der Waals surface area contributed by atoms with Gasteiger partial charge in [-0.3, -0.25) is 13.4 Å². The Hall–Kier alpha value is -2.94. The van der Waals surface area contributed by atoms with Gasteiger partial charge in [0.25, 0.3) is 0 Å². The molecule has 0 spiro atoms. The number of carboxylic acids is 1. The van der Waals surface area contributed by atoms with Gasteiger partial charge < -0.3 is 19.2 Å². The molecule has 0 saturated carbocycles. The summed E-state index contributed by atoms with van der Waals surface area (Å²) >= 11 is 4.43. The average molecular weight is 837 g/mol. The third-order valence-electron chi connectivity index (χ3n) is 7.70. The molecule has 0 saturated heterocycles. The number of hydrogen-bond donors (Lipinski definition) is 1. The van der Waals surface area contributed by atoms with Gasteiger partial charge in [0, 0.05) is 50.3 Å². The molecule has 11 heteroatoms. The van der Waals surface area contributed by atoms with Crippen LogP contribution in [0.15, 0.2) is 74.4 Å². The lowest BCUT2D eigenvalue weighted by Gasteiger charge is -2.17. The normalized spacial score (nSPS) is 14.3. The molecule has 1 N–H and O–H groups in total. The molecule has 1 aromatic heterocycles. The highest BCUT2D eigenvalue weighted by Crippen LogP contribution is 2.42. The maximum Gasteiger partial charge on any atom is 0.677 e. The molecule has 2 aromatic carbocycles. The number of anilines is 1. The van der Waals surface area contributed by atoms with Crippen LogP contribution in [0.4, 0.5) is 14.3 Å². The van der Waals surface area contributed by atoms with E-state index in [1.807, 2.05) is 69.3 Å². The predicted molar refractivity (Wildman–Crippen MR) is 198 cm³/mol. The SMILES string of the molecule is CC1=C(I)C(/C=C/c2ccc(N(C)C)cc2)=NC/1=C(/c1ccc(OCCCCCC(=O)O)cc1)c1c(C)c(I)c(C)n1B(F)F. The van der Waals surface area contributed by atoms with Crippen molar-refractivity contribution >= 4 is 81.6 Å². The molecule has 1 aliphatic rings. The van der Waals surface area contributed by atoms with Crippen LogP contribution in [-0.4, -0.2) is 49.4 Å². The predicted octanol–water partition coefficient (Wildman–Crippen LogP) is 9.21. The van der Waals surface area contributed by atoms with Crippen molar-refractivity contribution in [2.24, 2.45) is 4.99 Å². The number of nitrogens with zero attached hydrogens (tertiary/aromatic N) is 3. The van der Waals surface area contributed by atoms with Crippen LogP contribution < -0.4 is 9.64 Å². The average Bonchev–Trinajstić information content (AvgIpc) is 3.41. The van der Waals surface area contributed by atoms with Gasteiger partial charge in [-0.2, -0.15) is 0 Å². The molecule has 0 atom stereocenters. The first-order chi connectivity index (χ1) is 21.4. The van der Waals surface area contributed by atoms with Crippen LogP contribution >= 0.6 is 45.2 Å². The quantitative estimate of drug-likeness (QED) is 0.106. The molecule has 2 heterocycles. The molecular weight excluding hydrogens is 801 g/mol. The smallest absolute Gasteiger partial charge is 0.494 e. The van der Waals surface area contributed by atoms with Gasteiger partial charge in [0.1, 0.15) is 5.75 Å². The first-order valence-electron chi connectivity index (χ1n) is 14.7. The van der Waals surface area contributed by atoms with Gasteiger partial charge in [-0.1, -0.05) is 30.3 Å². The number of halogens is 4. The Morgan fingerprint density at radius 2 is 1.67 bits per heavy atom. The van der Waals surface area contributed by atoms with Crippen molar-refractivity contribution in [3.05, 3.63) is 101 Å². The molecular formula is C34H36BF2I2N3O3. The van der Waals surface area contributed by atoms with Crippen molar-refractivity contribution in [3.63, 3.8) is 0 Å². The standard InChI is InChI=1S/C34H36BF2I2N3O3/c1-21-32(39)28(19-12-24-10-15-26(16-11-24)41(4)5)40-33(21)30(34-22(2)31(38)23(3)42(34)35(36)37)25-13-17-27(18-14-25)45-20-8-6-7-9-29(43)44/h10-19H,6-9,20H2,1-5H3,(H,43,44)/b19-12+,33-30-. The van der Waals surface area contributed by atoms with Crippen LogP contribution in [0.3, 0.4) is 0 Å². The van der Waals surface area contributed by atoms with E-state index >= 15 is 0 Å². The maximum atomic E-state index is 14.6. The Kier molecular flexibility index (Phi) is 12.1. The molecule has 0 radical (unpaired) electrons. The zero-order valence-corrected chi connectivity index (χ0v) is 30.3. The summed E-state index contributed by atoms with van der Waals surface area (Å²) in [7, 11) is 1.28. The highest BCUT2D eigenvalue weighted by Gasteiger charge is 2.32. The summed E-state index contributed by atoms with van der Waals surface area (Å²) in [5.74, 6) is -0.132. The van der Waals surface area contributed by atoms with Gasteiger partial charge in [-0.25, -0.2) is 4.99 Å². The minimum atomic E-state index is -2.72. The minimum absolute atomic E-state index is 0.154. The fraction of sp³-hybridized carbons (Fsp3) is 0.294. The van der Waals surface area contributed by atoms with Crippen molar-refractivity contribution in [2.45, 2.75) is 46.5 Å². The second-order valence-corrected chi connectivity index (χ2v) is 13.2. The molecule has 0 bridgehead atoms. The van der Waals surface area contributed by atoms with E-state index in [9.17, 15) is 13.4 Å². The van der Waals surface area contributed by atoms with E-state index in [0.717, 1.165) is 58.1 Å². The van der Waals surface area contributed by atoms with E-state index < -0.39 is 13.4 Å². The summed E-state index contributed by atoms with van der Waals surface area (Å²) in [4.78, 5) is 17.8. The summed E-state index contributed by atoms with van der Waals surface area (Å²) in [6.07, 6.45) is 6.27. The molecule has 4 rings (SSSR count). The molecule has 6 nitrogen and oxygen atoms in total. The van der Waals surface area contributed by atoms with Gasteiger partial charge in [0.2, 0.25) is 0 Å². The van der Waals surface area contributed by atoms with Crippen molar-refractivity contribution in [2.75, 3.05) is 25.6 Å². The van der Waals surface area contributed by atoms with Crippen LogP contribution in [0.5, 0.6) is 5.75 Å². The number of aromatic nitrogens is 1. The lowest BCUT2D eigenvalue weighted by atomic mass is 9.94. The molecule has 45 heavy (non-hydrogen) atoms. The molecule has 0 aliphatic carbocycles. The molecule has 0 fully saturated rings. The number of carbonyl (C=O) groups is 1. The van der Waals surface area contributed by atoms with Crippen molar-refractivity contribution in [1.29, 1.82) is 0 Å². The number of aliphatic imine (C=N–C) groups is 1. The van der Waals surface area contributed by atoms with E-state index in [1.165, 1.54) is 0 Å². The van der Waals surface area contributed by atoms with Gasteiger partial charge >= 0.3 is 13.4 Å². The number of carboxylic acid groups (broad SMARTS) is 1. The fourth-order valence-electron chi connectivity index (χ4n) is 5.19. The molecule has 236 valence electrons. The van der Waals surface area contributed by atoms with Gasteiger partial charge in [0.15, 0.2) is 0 Å². The van der Waals surface area contributed by atoms with Crippen molar-refractivity contribution in [3.8, 4) is 5.75 Å². The number of unbranched alkanes of at least 4 members (excludes halogenated alkanes) is 2. The van der Waals surface area contributed by atoms with E-state index in [0.29, 0.717) is 41.4 Å². The number of allylic oxidation sites excluding steroid dienone is 3. The Morgan fingerprint density at radius 1 is 1.00 bits per heavy atom. The zero-order valence-electron chi connectivity index (χ0n) is 26.0. The maximum absolute atomic E-state index is 14.6. The van der Waals surface area contributed by atoms with Gasteiger partial charge in [-0.15, -0.1) is 0 Å². The number of hydrogen-bond acceptors (Lipinski definition) is 4. The highest BCUT2D eigenvalue weighted by atomic mass is 127. The van der Waals surface area contributed by atoms with Crippen LogP contribution in [0.1, 0.15) is 60.7 Å². The summed E-state index contributed by atoms with van der Waals surface area (Å²) < 4.78 is 38.0. The second-order valence-electron chi connectivity index (χ2n) is 11.1. The number of aliphatic carboxylic acids is 1. The number of benzene rings is 2. The summed E-state index contributed by atoms with van der Waals surface area (Å²) in [6.45, 7) is 6.06. The fourth-order valence-corrected chi connectivity index (χ4v) is 6.26. The third kappa shape index (κ3) is 8.27. The second kappa shape index (κ2) is 15.6. The molecule has 0 unspecified atom stereocenters. The summed E-state index contributed by atoms with van der Waals surface area (Å²) in [5.41, 5.74) is 7.65. The Labute approximate surface area is 291 Å². The van der Waals surface area contributed by atoms with Crippen LogP contribution in [0, 0.1) is 17.4 Å². The minimum Gasteiger partial charge on any atom is -0.494 e. The van der Waals surface area contributed by atoms with E-state index in [4.69, 9.17) is 14.8 Å². The van der Waals surface area contributed by atoms with Crippen molar-refractivity contribution < 1.29 is 23.3 Å². The lowest BCUT2D eigenvalue weighted by molar-refractivity contribution is -0.137. The first kappa shape index (κ1) is 34.9. The molecule has 1 aliphatic heterocycles. The topological polar surface area (TPSA) is 67.1 Å². The molecule has 3 aromatic rings. The highest BCUT2D eigenvalue weighted by molar-refractivity contribution is 14.1. The Bertz CT molecular complexity index is 1680. The van der Waals surface area contributed by atoms with E-state index in [1.54, 1.807) is 6.92 Å². The molecule has 0 amide bonds. The third-order valence-corrected chi connectivity index (χ3v) is 10.7. The van der Waals surface area contributed by atoms with Gasteiger partial charge in [0.05, 0.1) is 18.0 Å².